The van der Waals surface area contributed by atoms with E-state index in [2.05, 4.69) is 21.0 Å². The van der Waals surface area contributed by atoms with Gasteiger partial charge in [-0.2, -0.15) is 4.68 Å². The maximum atomic E-state index is 10.8. The Bertz CT molecular complexity index is 595. The Kier molecular flexibility index (Phi) is 3.68. The van der Waals surface area contributed by atoms with Crippen LogP contribution in [0, 0.1) is 17.0 Å². The zero-order chi connectivity index (χ0) is 13.3. The first-order valence-corrected chi connectivity index (χ1v) is 6.28. The van der Waals surface area contributed by atoms with Crippen LogP contribution in [0.4, 0.5) is 5.82 Å². The zero-order valence-electron chi connectivity index (χ0n) is 9.43. The van der Waals surface area contributed by atoms with Gasteiger partial charge in [0.15, 0.2) is 0 Å². The summed E-state index contributed by atoms with van der Waals surface area (Å²) >= 11 is 8.98. The van der Waals surface area contributed by atoms with E-state index < -0.39 is 4.92 Å². The fraction of sp³-hybridized carbons (Fsp3) is 0.182. The van der Waals surface area contributed by atoms with Crippen LogP contribution in [0.3, 0.4) is 0 Å². The molecule has 18 heavy (non-hydrogen) atoms. The molecule has 1 aromatic heterocycles. The first-order valence-electron chi connectivity index (χ1n) is 5.11. The van der Waals surface area contributed by atoms with E-state index in [9.17, 15) is 10.1 Å². The van der Waals surface area contributed by atoms with Crippen LogP contribution in [0.25, 0.3) is 0 Å². The standard InChI is InChI=1S/C11H9BrClN3O2/c1-7-10(12)11(16(17)18)14-15(7)6-8-2-4-9(13)5-3-8/h2-5H,6H2,1H3. The van der Waals surface area contributed by atoms with E-state index in [1.807, 2.05) is 12.1 Å². The highest BCUT2D eigenvalue weighted by Gasteiger charge is 2.23. The number of nitrogens with zero attached hydrogens (tertiary/aromatic N) is 3. The second-order valence-corrected chi connectivity index (χ2v) is 4.99. The molecule has 0 N–H and O–H groups in total. The zero-order valence-corrected chi connectivity index (χ0v) is 11.8. The molecule has 2 aromatic rings. The number of hydrogen-bond donors (Lipinski definition) is 0. The van der Waals surface area contributed by atoms with Crippen LogP contribution in [0.1, 0.15) is 11.3 Å². The van der Waals surface area contributed by atoms with Gasteiger partial charge in [0.25, 0.3) is 0 Å². The number of rotatable bonds is 3. The number of hydrogen-bond acceptors (Lipinski definition) is 3. The Morgan fingerprint density at radius 2 is 2.06 bits per heavy atom. The molecule has 0 radical (unpaired) electrons. The molecular formula is C11H9BrClN3O2. The van der Waals surface area contributed by atoms with Crippen molar-refractivity contribution in [3.8, 4) is 0 Å². The maximum absolute atomic E-state index is 10.8. The highest BCUT2D eigenvalue weighted by atomic mass is 79.9. The minimum absolute atomic E-state index is 0.165. The lowest BCUT2D eigenvalue weighted by atomic mass is 10.2. The summed E-state index contributed by atoms with van der Waals surface area (Å²) in [6, 6.07) is 7.28. The SMILES string of the molecule is Cc1c(Br)c([N+](=O)[O-])nn1Cc1ccc(Cl)cc1. The van der Waals surface area contributed by atoms with Crippen LogP contribution >= 0.6 is 27.5 Å². The van der Waals surface area contributed by atoms with Gasteiger partial charge in [0.1, 0.15) is 4.47 Å². The average Bonchev–Trinajstić information content (AvgIpc) is 2.60. The summed E-state index contributed by atoms with van der Waals surface area (Å²) in [6.07, 6.45) is 0. The molecule has 0 bridgehead atoms. The average molecular weight is 331 g/mol. The summed E-state index contributed by atoms with van der Waals surface area (Å²) in [5.41, 5.74) is 1.70. The highest BCUT2D eigenvalue weighted by molar-refractivity contribution is 9.10. The van der Waals surface area contributed by atoms with Gasteiger partial charge in [-0.1, -0.05) is 23.7 Å². The fourth-order valence-electron chi connectivity index (χ4n) is 1.54. The summed E-state index contributed by atoms with van der Waals surface area (Å²) in [6.45, 7) is 2.25. The molecule has 94 valence electrons. The second kappa shape index (κ2) is 5.07. The third-order valence-corrected chi connectivity index (χ3v) is 3.72. The topological polar surface area (TPSA) is 61.0 Å². The quantitative estimate of drug-likeness (QED) is 0.638. The van der Waals surface area contributed by atoms with Crippen LogP contribution in [0.15, 0.2) is 28.7 Å². The summed E-state index contributed by atoms with van der Waals surface area (Å²) in [4.78, 5) is 10.3. The number of halogens is 2. The lowest BCUT2D eigenvalue weighted by Crippen LogP contribution is -2.04. The van der Waals surface area contributed by atoms with Gasteiger partial charge in [-0.15, -0.1) is 0 Å². The number of nitro groups is 1. The van der Waals surface area contributed by atoms with Crippen molar-refractivity contribution in [2.75, 3.05) is 0 Å². The van der Waals surface area contributed by atoms with E-state index in [1.165, 1.54) is 0 Å². The van der Waals surface area contributed by atoms with Crippen molar-refractivity contribution in [1.82, 2.24) is 9.78 Å². The molecule has 0 fully saturated rings. The Morgan fingerprint density at radius 1 is 1.44 bits per heavy atom. The molecule has 0 atom stereocenters. The van der Waals surface area contributed by atoms with Gasteiger partial charge in [-0.05, 0) is 45.5 Å². The summed E-state index contributed by atoms with van der Waals surface area (Å²) in [5.74, 6) is -0.165. The molecule has 0 aliphatic heterocycles. The molecule has 5 nitrogen and oxygen atoms in total. The molecule has 2 rings (SSSR count). The van der Waals surface area contributed by atoms with Gasteiger partial charge in [-0.25, -0.2) is 0 Å². The van der Waals surface area contributed by atoms with Gasteiger partial charge < -0.3 is 10.1 Å². The minimum Gasteiger partial charge on any atom is -0.358 e. The van der Waals surface area contributed by atoms with Gasteiger partial charge in [0.05, 0.1) is 17.3 Å². The van der Waals surface area contributed by atoms with Crippen molar-refractivity contribution in [3.63, 3.8) is 0 Å². The number of benzene rings is 1. The van der Waals surface area contributed by atoms with E-state index in [0.29, 0.717) is 16.0 Å². The first kappa shape index (κ1) is 13.0. The Labute approximate surface area is 117 Å². The lowest BCUT2D eigenvalue weighted by molar-refractivity contribution is -0.390. The van der Waals surface area contributed by atoms with Crippen molar-refractivity contribution < 1.29 is 4.92 Å². The van der Waals surface area contributed by atoms with E-state index in [0.717, 1.165) is 11.3 Å². The number of aromatic nitrogens is 2. The van der Waals surface area contributed by atoms with E-state index >= 15 is 0 Å². The van der Waals surface area contributed by atoms with Gasteiger partial charge in [0.2, 0.25) is 0 Å². The predicted octanol–water partition coefficient (Wildman–Crippen LogP) is 3.56. The molecule has 0 amide bonds. The predicted molar refractivity (Wildman–Crippen MR) is 71.9 cm³/mol. The summed E-state index contributed by atoms with van der Waals surface area (Å²) in [5, 5.41) is 15.4. The van der Waals surface area contributed by atoms with Crippen LogP contribution < -0.4 is 0 Å². The largest absolute Gasteiger partial charge is 0.404 e. The Hall–Kier alpha value is -1.40. The highest BCUT2D eigenvalue weighted by Crippen LogP contribution is 2.27. The summed E-state index contributed by atoms with van der Waals surface area (Å²) in [7, 11) is 0. The van der Waals surface area contributed by atoms with Crippen LogP contribution in [-0.4, -0.2) is 14.7 Å². The van der Waals surface area contributed by atoms with Crippen molar-refractivity contribution in [2.24, 2.45) is 0 Å². The smallest absolute Gasteiger partial charge is 0.358 e. The molecule has 7 heteroatoms. The molecule has 0 saturated heterocycles. The fourth-order valence-corrected chi connectivity index (χ4v) is 2.10. The first-order chi connectivity index (χ1) is 8.49. The van der Waals surface area contributed by atoms with Crippen molar-refractivity contribution >= 4 is 33.3 Å². The van der Waals surface area contributed by atoms with Crippen LogP contribution in [-0.2, 0) is 6.54 Å². The van der Waals surface area contributed by atoms with Crippen LogP contribution in [0.5, 0.6) is 0 Å². The third kappa shape index (κ3) is 2.54. The monoisotopic (exact) mass is 329 g/mol. The van der Waals surface area contributed by atoms with E-state index in [4.69, 9.17) is 11.6 Å². The van der Waals surface area contributed by atoms with Crippen LogP contribution in [0.2, 0.25) is 5.02 Å². The third-order valence-electron chi connectivity index (χ3n) is 2.54. The Balaban J connectivity index is 2.32. The molecule has 1 aromatic carbocycles. The van der Waals surface area contributed by atoms with Gasteiger partial charge >= 0.3 is 5.82 Å². The second-order valence-electron chi connectivity index (χ2n) is 3.76. The van der Waals surface area contributed by atoms with E-state index in [1.54, 1.807) is 23.7 Å². The molecular weight excluding hydrogens is 321 g/mol. The Morgan fingerprint density at radius 3 is 2.56 bits per heavy atom. The maximum Gasteiger partial charge on any atom is 0.404 e. The molecule has 0 aliphatic carbocycles. The normalized spacial score (nSPS) is 10.6. The van der Waals surface area contributed by atoms with E-state index in [-0.39, 0.29) is 5.82 Å². The van der Waals surface area contributed by atoms with Crippen molar-refractivity contribution in [2.45, 2.75) is 13.5 Å². The van der Waals surface area contributed by atoms with Gasteiger partial charge in [0, 0.05) is 5.02 Å². The molecule has 0 spiro atoms. The van der Waals surface area contributed by atoms with Crippen molar-refractivity contribution in [3.05, 3.63) is 55.1 Å². The molecule has 0 aliphatic rings. The molecule has 0 saturated carbocycles. The minimum atomic E-state index is -0.505. The van der Waals surface area contributed by atoms with Gasteiger partial charge in [-0.3, -0.25) is 0 Å². The summed E-state index contributed by atoms with van der Waals surface area (Å²) < 4.78 is 2.01. The van der Waals surface area contributed by atoms with Crippen molar-refractivity contribution in [1.29, 1.82) is 0 Å². The molecule has 1 heterocycles. The lowest BCUT2D eigenvalue weighted by Gasteiger charge is -2.00. The molecule has 0 unspecified atom stereocenters.